The molecule has 0 aliphatic heterocycles. The maximum Gasteiger partial charge on any atom is 0.413 e. The van der Waals surface area contributed by atoms with Crippen molar-refractivity contribution < 1.29 is 14.3 Å². The van der Waals surface area contributed by atoms with Crippen molar-refractivity contribution in [2.45, 2.75) is 26.4 Å². The molecule has 1 amide bonds. The normalized spacial score (nSPS) is 10.8. The van der Waals surface area contributed by atoms with E-state index in [4.69, 9.17) is 4.74 Å². The Morgan fingerprint density at radius 3 is 2.65 bits per heavy atom. The third kappa shape index (κ3) is 4.52. The van der Waals surface area contributed by atoms with Gasteiger partial charge in [-0.1, -0.05) is 0 Å². The Hall–Kier alpha value is -1.43. The topological polar surface area (TPSA) is 68.3 Å². The molecule has 1 heterocycles. The number of carbonyl (C=O) groups is 2. The number of carbonyl (C=O) groups excluding carboxylic acids is 2. The van der Waals surface area contributed by atoms with Gasteiger partial charge in [0.25, 0.3) is 0 Å². The minimum atomic E-state index is -0.593. The van der Waals surface area contributed by atoms with Crippen molar-refractivity contribution in [3.05, 3.63) is 22.3 Å². The lowest BCUT2D eigenvalue weighted by Crippen LogP contribution is -2.27. The molecule has 0 bridgehead atoms. The quantitative estimate of drug-likeness (QED) is 0.853. The number of halogens is 1. The molecule has 92 valence electrons. The van der Waals surface area contributed by atoms with E-state index in [1.54, 1.807) is 26.8 Å². The number of hydrogen-bond donors (Lipinski definition) is 1. The molecule has 1 aromatic heterocycles. The van der Waals surface area contributed by atoms with Crippen LogP contribution in [0.5, 0.6) is 0 Å². The second-order valence-corrected chi connectivity index (χ2v) is 5.20. The maximum absolute atomic E-state index is 11.5. The molecule has 0 saturated heterocycles. The number of amides is 1. The van der Waals surface area contributed by atoms with Gasteiger partial charge in [0.05, 0.1) is 4.47 Å². The fraction of sp³-hybridized carbons (Fsp3) is 0.364. The Morgan fingerprint density at radius 1 is 1.53 bits per heavy atom. The number of pyridine rings is 1. The van der Waals surface area contributed by atoms with E-state index in [1.165, 1.54) is 6.20 Å². The van der Waals surface area contributed by atoms with Crippen LogP contribution in [0.25, 0.3) is 0 Å². The number of aldehydes is 1. The van der Waals surface area contributed by atoms with Crippen LogP contribution in [0.15, 0.2) is 16.7 Å². The molecular formula is C11H13BrN2O3. The van der Waals surface area contributed by atoms with Gasteiger partial charge in [-0.3, -0.25) is 10.1 Å². The van der Waals surface area contributed by atoms with Gasteiger partial charge in [-0.05, 0) is 42.8 Å². The number of anilines is 1. The smallest absolute Gasteiger partial charge is 0.413 e. The molecule has 0 saturated carbocycles. The summed E-state index contributed by atoms with van der Waals surface area (Å²) in [6.45, 7) is 5.31. The highest BCUT2D eigenvalue weighted by Gasteiger charge is 2.17. The van der Waals surface area contributed by atoms with Gasteiger partial charge in [0.15, 0.2) is 6.29 Å². The van der Waals surface area contributed by atoms with Gasteiger partial charge in [-0.25, -0.2) is 9.78 Å². The Bertz CT molecular complexity index is 441. The molecule has 0 fully saturated rings. The summed E-state index contributed by atoms with van der Waals surface area (Å²) in [5, 5.41) is 2.48. The number of ether oxygens (including phenoxy) is 1. The van der Waals surface area contributed by atoms with E-state index in [-0.39, 0.29) is 0 Å². The van der Waals surface area contributed by atoms with Crippen LogP contribution in [0.2, 0.25) is 0 Å². The number of hydrogen-bond acceptors (Lipinski definition) is 4. The highest BCUT2D eigenvalue weighted by Crippen LogP contribution is 2.21. The number of aromatic nitrogens is 1. The van der Waals surface area contributed by atoms with E-state index >= 15 is 0 Å². The van der Waals surface area contributed by atoms with Crippen LogP contribution in [0, 0.1) is 0 Å². The van der Waals surface area contributed by atoms with Crippen LogP contribution in [0.1, 0.15) is 31.1 Å². The second-order valence-electron chi connectivity index (χ2n) is 4.34. The molecule has 0 aromatic carbocycles. The molecule has 1 rings (SSSR count). The predicted octanol–water partition coefficient (Wildman–Crippen LogP) is 3.00. The average Bonchev–Trinajstić information content (AvgIpc) is 2.18. The predicted molar refractivity (Wildman–Crippen MR) is 67.2 cm³/mol. The lowest BCUT2D eigenvalue weighted by molar-refractivity contribution is 0.0635. The summed E-state index contributed by atoms with van der Waals surface area (Å²) < 4.78 is 5.59. The molecule has 1 aromatic rings. The summed E-state index contributed by atoms with van der Waals surface area (Å²) in [5.74, 6) is 0.310. The van der Waals surface area contributed by atoms with Crippen LogP contribution < -0.4 is 5.32 Å². The van der Waals surface area contributed by atoms with Crippen molar-refractivity contribution in [3.8, 4) is 0 Å². The summed E-state index contributed by atoms with van der Waals surface area (Å²) >= 11 is 3.20. The van der Waals surface area contributed by atoms with Gasteiger partial charge < -0.3 is 4.74 Å². The Kier molecular flexibility index (Phi) is 4.22. The van der Waals surface area contributed by atoms with Crippen LogP contribution in [0.3, 0.4) is 0 Å². The van der Waals surface area contributed by atoms with Crippen molar-refractivity contribution >= 4 is 34.1 Å². The molecule has 0 aliphatic rings. The zero-order chi connectivity index (χ0) is 13.1. The first kappa shape index (κ1) is 13.6. The molecule has 0 atom stereocenters. The minimum Gasteiger partial charge on any atom is -0.444 e. The number of rotatable bonds is 2. The second kappa shape index (κ2) is 5.27. The summed E-state index contributed by atoms with van der Waals surface area (Å²) in [5.41, 5.74) is -0.147. The summed E-state index contributed by atoms with van der Waals surface area (Å²) in [4.78, 5) is 25.9. The molecule has 6 heteroatoms. The maximum atomic E-state index is 11.5. The lowest BCUT2D eigenvalue weighted by Gasteiger charge is -2.19. The first-order chi connectivity index (χ1) is 7.81. The summed E-state index contributed by atoms with van der Waals surface area (Å²) in [6, 6.07) is 1.56. The monoisotopic (exact) mass is 300 g/mol. The van der Waals surface area contributed by atoms with Crippen LogP contribution in [-0.4, -0.2) is 23.0 Å². The molecule has 1 N–H and O–H groups in total. The van der Waals surface area contributed by atoms with Gasteiger partial charge >= 0.3 is 6.09 Å². The minimum absolute atomic E-state index is 0.310. The standard InChI is InChI=1S/C11H13BrN2O3/c1-11(2,3)17-10(16)14-9-8(12)4-7(6-15)5-13-9/h4-6H,1-3H3,(H,13,14,16). The highest BCUT2D eigenvalue weighted by molar-refractivity contribution is 9.10. The van der Waals surface area contributed by atoms with E-state index in [9.17, 15) is 9.59 Å². The summed E-state index contributed by atoms with van der Waals surface area (Å²) in [6.07, 6.45) is 1.45. The largest absolute Gasteiger partial charge is 0.444 e. The molecule has 0 spiro atoms. The molecular weight excluding hydrogens is 288 g/mol. The fourth-order valence-corrected chi connectivity index (χ4v) is 1.48. The fourth-order valence-electron chi connectivity index (χ4n) is 1.01. The van der Waals surface area contributed by atoms with Gasteiger partial charge in [-0.15, -0.1) is 0 Å². The van der Waals surface area contributed by atoms with E-state index in [2.05, 4.69) is 26.2 Å². The van der Waals surface area contributed by atoms with E-state index in [1.807, 2.05) is 0 Å². The van der Waals surface area contributed by atoms with Crippen LogP contribution in [0.4, 0.5) is 10.6 Å². The highest BCUT2D eigenvalue weighted by atomic mass is 79.9. The molecule has 0 aliphatic carbocycles. The third-order valence-electron chi connectivity index (χ3n) is 1.62. The van der Waals surface area contributed by atoms with E-state index < -0.39 is 11.7 Å². The first-order valence-electron chi connectivity index (χ1n) is 4.92. The van der Waals surface area contributed by atoms with Crippen molar-refractivity contribution in [2.75, 3.05) is 5.32 Å². The molecule has 17 heavy (non-hydrogen) atoms. The third-order valence-corrected chi connectivity index (χ3v) is 2.22. The van der Waals surface area contributed by atoms with E-state index in [0.717, 1.165) is 0 Å². The van der Waals surface area contributed by atoms with Gasteiger partial charge in [0.1, 0.15) is 11.4 Å². The van der Waals surface area contributed by atoms with Crippen molar-refractivity contribution in [3.63, 3.8) is 0 Å². The van der Waals surface area contributed by atoms with Crippen molar-refractivity contribution in [2.24, 2.45) is 0 Å². The number of nitrogens with zero attached hydrogens (tertiary/aromatic N) is 1. The zero-order valence-corrected chi connectivity index (χ0v) is 11.4. The lowest BCUT2D eigenvalue weighted by atomic mass is 10.2. The molecule has 0 radical (unpaired) electrons. The Balaban J connectivity index is 2.75. The van der Waals surface area contributed by atoms with Crippen molar-refractivity contribution in [1.82, 2.24) is 4.98 Å². The van der Waals surface area contributed by atoms with Crippen LogP contribution >= 0.6 is 15.9 Å². The molecule has 5 nitrogen and oxygen atoms in total. The Morgan fingerprint density at radius 2 is 2.18 bits per heavy atom. The summed E-state index contributed by atoms with van der Waals surface area (Å²) in [7, 11) is 0. The first-order valence-corrected chi connectivity index (χ1v) is 5.72. The van der Waals surface area contributed by atoms with Crippen LogP contribution in [-0.2, 0) is 4.74 Å². The van der Waals surface area contributed by atoms with E-state index in [0.29, 0.717) is 22.1 Å². The van der Waals surface area contributed by atoms with Gasteiger partial charge in [-0.2, -0.15) is 0 Å². The Labute approximate surface area is 108 Å². The average molecular weight is 301 g/mol. The SMILES string of the molecule is CC(C)(C)OC(=O)Nc1ncc(C=O)cc1Br. The van der Waals surface area contributed by atoms with Gasteiger partial charge in [0, 0.05) is 11.8 Å². The van der Waals surface area contributed by atoms with Crippen molar-refractivity contribution in [1.29, 1.82) is 0 Å². The zero-order valence-electron chi connectivity index (χ0n) is 9.78. The van der Waals surface area contributed by atoms with Gasteiger partial charge in [0.2, 0.25) is 0 Å². The molecule has 0 unspecified atom stereocenters. The number of nitrogens with one attached hydrogen (secondary N) is 1.